The third kappa shape index (κ3) is 6.48. The smallest absolute Gasteiger partial charge is 0.303 e. The molecule has 0 amide bonds. The Labute approximate surface area is 161 Å². The van der Waals surface area contributed by atoms with Gasteiger partial charge in [0.05, 0.1) is 5.71 Å². The third-order valence-corrected chi connectivity index (χ3v) is 3.81. The zero-order valence-corrected chi connectivity index (χ0v) is 16.4. The van der Waals surface area contributed by atoms with Gasteiger partial charge < -0.3 is 28.9 Å². The van der Waals surface area contributed by atoms with Crippen LogP contribution in [-0.4, -0.2) is 71.9 Å². The summed E-state index contributed by atoms with van der Waals surface area (Å²) in [5.41, 5.74) is 0.0949. The lowest BCUT2D eigenvalue weighted by atomic mass is 9.91. The highest BCUT2D eigenvalue weighted by molar-refractivity contribution is 5.89. The molecule has 0 aromatic rings. The molecule has 28 heavy (non-hydrogen) atoms. The summed E-state index contributed by atoms with van der Waals surface area (Å²) in [5, 5.41) is 12.5. The van der Waals surface area contributed by atoms with Crippen LogP contribution in [0.3, 0.4) is 0 Å². The zero-order valence-electron chi connectivity index (χ0n) is 16.4. The van der Waals surface area contributed by atoms with Gasteiger partial charge in [-0.15, -0.1) is 0 Å². The van der Waals surface area contributed by atoms with Crippen LogP contribution in [0.15, 0.2) is 5.16 Å². The van der Waals surface area contributed by atoms with Crippen molar-refractivity contribution in [3.05, 3.63) is 0 Å². The molecule has 1 rings (SSSR count). The highest BCUT2D eigenvalue weighted by Crippen LogP contribution is 2.30. The molecule has 1 fully saturated rings. The molecule has 0 radical (unpaired) electrons. The van der Waals surface area contributed by atoms with E-state index in [1.807, 2.05) is 0 Å². The van der Waals surface area contributed by atoms with Gasteiger partial charge in [-0.3, -0.25) is 19.2 Å². The van der Waals surface area contributed by atoms with E-state index in [1.165, 1.54) is 6.92 Å². The van der Waals surface area contributed by atoms with E-state index in [1.54, 1.807) is 6.92 Å². The maximum atomic E-state index is 11.7. The monoisotopic (exact) mass is 403 g/mol. The molecule has 1 N–H and O–H groups in total. The molecule has 11 nitrogen and oxygen atoms in total. The van der Waals surface area contributed by atoms with E-state index in [9.17, 15) is 24.4 Å². The summed E-state index contributed by atoms with van der Waals surface area (Å²) in [6.45, 7) is 5.91. The van der Waals surface area contributed by atoms with Crippen LogP contribution in [0.2, 0.25) is 0 Å². The fourth-order valence-corrected chi connectivity index (χ4v) is 2.83. The number of hydrogen-bond donors (Lipinski definition) is 1. The fraction of sp³-hybridized carbons (Fsp3) is 0.706. The largest absolute Gasteiger partial charge is 0.463 e. The number of oxime groups is 1. The van der Waals surface area contributed by atoms with Crippen molar-refractivity contribution in [3.63, 3.8) is 0 Å². The standard InChI is InChI=1S/C17H25NO10/c1-6-12(18-23)14-16(26-10(4)21)17(27-11(5)22)15(25-9(3)20)13(28-14)7-24-8(2)19/h13-17,23H,6-7H2,1-5H3/b18-12-/t13-,14+,15-,16+,17+/m1/s1. The molecule has 0 unspecified atom stereocenters. The van der Waals surface area contributed by atoms with Crippen LogP contribution in [0.25, 0.3) is 0 Å². The highest BCUT2D eigenvalue weighted by Gasteiger charge is 2.53. The number of carbonyl (C=O) groups is 4. The Morgan fingerprint density at radius 1 is 0.857 bits per heavy atom. The lowest BCUT2D eigenvalue weighted by molar-refractivity contribution is -0.241. The number of esters is 4. The average molecular weight is 403 g/mol. The molecule has 158 valence electrons. The Kier molecular flexibility index (Phi) is 8.83. The van der Waals surface area contributed by atoms with Crippen LogP contribution in [-0.2, 0) is 42.9 Å². The molecule has 0 aromatic heterocycles. The van der Waals surface area contributed by atoms with Crippen LogP contribution in [0.4, 0.5) is 0 Å². The van der Waals surface area contributed by atoms with Crippen molar-refractivity contribution in [1.82, 2.24) is 0 Å². The second kappa shape index (κ2) is 10.6. The number of hydrogen-bond acceptors (Lipinski definition) is 11. The van der Waals surface area contributed by atoms with Crippen molar-refractivity contribution in [2.75, 3.05) is 6.61 Å². The highest BCUT2D eigenvalue weighted by atomic mass is 16.7. The van der Waals surface area contributed by atoms with Gasteiger partial charge in [0.25, 0.3) is 0 Å². The van der Waals surface area contributed by atoms with Crippen LogP contribution in [0, 0.1) is 0 Å². The van der Waals surface area contributed by atoms with E-state index >= 15 is 0 Å². The molecule has 11 heteroatoms. The second-order valence-corrected chi connectivity index (χ2v) is 6.06. The minimum atomic E-state index is -1.28. The summed E-state index contributed by atoms with van der Waals surface area (Å²) in [4.78, 5) is 46.1. The quantitative estimate of drug-likeness (QED) is 0.208. The van der Waals surface area contributed by atoms with Crippen molar-refractivity contribution in [2.45, 2.75) is 71.6 Å². The molecule has 0 spiro atoms. The minimum Gasteiger partial charge on any atom is -0.463 e. The van der Waals surface area contributed by atoms with E-state index in [2.05, 4.69) is 5.16 Å². The Hall–Kier alpha value is -2.69. The molecule has 1 aliphatic heterocycles. The topological polar surface area (TPSA) is 147 Å². The minimum absolute atomic E-state index is 0.0949. The molecule has 5 atom stereocenters. The van der Waals surface area contributed by atoms with Gasteiger partial charge in [0.1, 0.15) is 18.8 Å². The third-order valence-electron chi connectivity index (χ3n) is 3.81. The Balaban J connectivity index is 3.41. The van der Waals surface area contributed by atoms with Gasteiger partial charge in [0.2, 0.25) is 0 Å². The predicted octanol–water partition coefficient (Wildman–Crippen LogP) is 0.352. The van der Waals surface area contributed by atoms with Crippen LogP contribution < -0.4 is 0 Å². The van der Waals surface area contributed by atoms with Crippen LogP contribution in [0.5, 0.6) is 0 Å². The molecule has 1 heterocycles. The Bertz CT molecular complexity index is 631. The summed E-state index contributed by atoms with van der Waals surface area (Å²) in [6.07, 6.45) is -5.77. The van der Waals surface area contributed by atoms with Gasteiger partial charge in [-0.1, -0.05) is 12.1 Å². The lowest BCUT2D eigenvalue weighted by Gasteiger charge is -2.44. The van der Waals surface area contributed by atoms with Gasteiger partial charge in [-0.05, 0) is 6.42 Å². The predicted molar refractivity (Wildman–Crippen MR) is 91.5 cm³/mol. The van der Waals surface area contributed by atoms with E-state index in [0.717, 1.165) is 20.8 Å². The fourth-order valence-electron chi connectivity index (χ4n) is 2.83. The van der Waals surface area contributed by atoms with E-state index in [-0.39, 0.29) is 18.7 Å². The van der Waals surface area contributed by atoms with Crippen molar-refractivity contribution >= 4 is 29.6 Å². The molecule has 0 aromatic carbocycles. The Morgan fingerprint density at radius 3 is 1.79 bits per heavy atom. The van der Waals surface area contributed by atoms with E-state index in [4.69, 9.17) is 23.7 Å². The average Bonchev–Trinajstić information content (AvgIpc) is 2.57. The molecule has 1 saturated heterocycles. The summed E-state index contributed by atoms with van der Waals surface area (Å²) in [7, 11) is 0. The van der Waals surface area contributed by atoms with E-state index < -0.39 is 54.4 Å². The normalized spacial score (nSPS) is 27.5. The van der Waals surface area contributed by atoms with Crippen molar-refractivity contribution in [2.24, 2.45) is 5.16 Å². The zero-order chi connectivity index (χ0) is 21.4. The van der Waals surface area contributed by atoms with Gasteiger partial charge in [0, 0.05) is 27.7 Å². The molecule has 0 saturated carbocycles. The maximum Gasteiger partial charge on any atom is 0.303 e. The number of nitrogens with zero attached hydrogens (tertiary/aromatic N) is 1. The van der Waals surface area contributed by atoms with Crippen LogP contribution in [0.1, 0.15) is 41.0 Å². The summed E-state index contributed by atoms with van der Waals surface area (Å²) in [6, 6.07) is 0. The lowest BCUT2D eigenvalue weighted by Crippen LogP contribution is -2.64. The maximum absolute atomic E-state index is 11.7. The number of carbonyl (C=O) groups excluding carboxylic acids is 4. The van der Waals surface area contributed by atoms with Gasteiger partial charge in [0.15, 0.2) is 18.3 Å². The first-order valence-corrected chi connectivity index (χ1v) is 8.61. The summed E-state index contributed by atoms with van der Waals surface area (Å²) in [5.74, 6) is -2.78. The van der Waals surface area contributed by atoms with Crippen molar-refractivity contribution in [3.8, 4) is 0 Å². The van der Waals surface area contributed by atoms with Gasteiger partial charge in [-0.2, -0.15) is 0 Å². The van der Waals surface area contributed by atoms with Crippen molar-refractivity contribution < 1.29 is 48.1 Å². The first-order chi connectivity index (χ1) is 13.1. The Morgan fingerprint density at radius 2 is 1.36 bits per heavy atom. The molecule has 1 aliphatic rings. The molecule has 0 aliphatic carbocycles. The number of ether oxygens (including phenoxy) is 5. The van der Waals surface area contributed by atoms with E-state index in [0.29, 0.717) is 0 Å². The van der Waals surface area contributed by atoms with Gasteiger partial charge >= 0.3 is 23.9 Å². The summed E-state index contributed by atoms with van der Waals surface area (Å²) >= 11 is 0. The van der Waals surface area contributed by atoms with Gasteiger partial charge in [-0.25, -0.2) is 0 Å². The second-order valence-electron chi connectivity index (χ2n) is 6.06. The molecular weight excluding hydrogens is 378 g/mol. The van der Waals surface area contributed by atoms with Crippen molar-refractivity contribution in [1.29, 1.82) is 0 Å². The first-order valence-electron chi connectivity index (χ1n) is 8.61. The van der Waals surface area contributed by atoms with Crippen LogP contribution >= 0.6 is 0 Å². The summed E-state index contributed by atoms with van der Waals surface area (Å²) < 4.78 is 26.5. The molecular formula is C17H25NO10. The molecule has 0 bridgehead atoms. The SMILES string of the molecule is CC/C(=N/O)[C@@H]1O[C@H](COC(C)=O)[C@@H](OC(C)=O)[C@H](OC(C)=O)[C@H]1OC(C)=O. The first kappa shape index (κ1) is 23.3. The number of rotatable bonds is 7.